The SMILES string of the molecule is C1=CCC2C=CC=C(C3C=CC(C4C=CC(N(c5ccc(-c6cccc7c6oc6ccccc67)cc5)c5cc(-c6ccccc6)ccc5-c5cccc6c7ccccc7n(-c7ccccc7)c56)=CC4)=CC3)C2=C1. The van der Waals surface area contributed by atoms with Crippen LogP contribution in [0.3, 0.4) is 0 Å². The first-order valence-corrected chi connectivity index (χ1v) is 25.8. The molecule has 3 nitrogen and oxygen atoms in total. The highest BCUT2D eigenvalue weighted by atomic mass is 16.3. The van der Waals surface area contributed by atoms with E-state index in [-0.39, 0.29) is 5.92 Å². The Balaban J connectivity index is 0.913. The quantitative estimate of drug-likeness (QED) is 0.144. The van der Waals surface area contributed by atoms with E-state index in [2.05, 4.69) is 264 Å². The standard InChI is InChI=1S/C70H52N2O/c1-3-16-47(17-4-1)53-40-45-61(64-28-15-27-63-60-23-9-11-30-66(60)72(69(63)64)54-20-5-2-6-21-54)67(46-53)71(56-43-38-52(39-44-56)59-26-14-29-65-62-24-10-12-31-68(62)73-70(59)65)55-41-36-49(37-42-55)48-32-34-51(35-33-48)58-25-13-19-50-18-7-8-22-57(50)58/h1-17,19-34,36,38-46,49-51H,18,35,37H2. The molecule has 2 heterocycles. The molecule has 3 heteroatoms. The molecule has 4 aliphatic carbocycles. The smallest absolute Gasteiger partial charge is 0.143 e. The molecule has 0 bridgehead atoms. The maximum atomic E-state index is 6.57. The Morgan fingerprint density at radius 1 is 0.466 bits per heavy atom. The van der Waals surface area contributed by atoms with Crippen LogP contribution in [0.1, 0.15) is 19.3 Å². The molecule has 10 aromatic rings. The van der Waals surface area contributed by atoms with Gasteiger partial charge in [-0.25, -0.2) is 0 Å². The first-order chi connectivity index (χ1) is 36.2. The van der Waals surface area contributed by atoms with E-state index in [1.807, 2.05) is 6.07 Å². The number of allylic oxidation sites excluding steroid dienone is 15. The van der Waals surface area contributed by atoms with Gasteiger partial charge < -0.3 is 13.9 Å². The van der Waals surface area contributed by atoms with Crippen molar-refractivity contribution >= 4 is 55.1 Å². The zero-order valence-corrected chi connectivity index (χ0v) is 40.5. The third-order valence-electron chi connectivity index (χ3n) is 15.6. The molecule has 8 aromatic carbocycles. The molecule has 0 fully saturated rings. The molecule has 0 radical (unpaired) electrons. The van der Waals surface area contributed by atoms with Crippen molar-refractivity contribution in [2.75, 3.05) is 4.90 Å². The number of hydrogen-bond acceptors (Lipinski definition) is 2. The largest absolute Gasteiger partial charge is 0.455 e. The van der Waals surface area contributed by atoms with Gasteiger partial charge in [-0.05, 0) is 101 Å². The number of para-hydroxylation sites is 5. The summed E-state index contributed by atoms with van der Waals surface area (Å²) in [5.74, 6) is 1.17. The third kappa shape index (κ3) is 7.51. The van der Waals surface area contributed by atoms with Crippen molar-refractivity contribution in [2.24, 2.45) is 17.8 Å². The van der Waals surface area contributed by atoms with Gasteiger partial charge in [0.25, 0.3) is 0 Å². The highest BCUT2D eigenvalue weighted by Gasteiger charge is 2.28. The fraction of sp³-hybridized carbons (Fsp3) is 0.0857. The van der Waals surface area contributed by atoms with E-state index >= 15 is 0 Å². The second-order valence-corrected chi connectivity index (χ2v) is 19.8. The second-order valence-electron chi connectivity index (χ2n) is 19.8. The van der Waals surface area contributed by atoms with E-state index in [1.54, 1.807) is 0 Å². The van der Waals surface area contributed by atoms with E-state index in [0.29, 0.717) is 11.8 Å². The molecule has 14 rings (SSSR count). The van der Waals surface area contributed by atoms with E-state index in [4.69, 9.17) is 4.42 Å². The maximum Gasteiger partial charge on any atom is 0.143 e. The number of anilines is 2. The monoisotopic (exact) mass is 936 g/mol. The van der Waals surface area contributed by atoms with Crippen LogP contribution in [0.4, 0.5) is 11.4 Å². The van der Waals surface area contributed by atoms with Crippen molar-refractivity contribution < 1.29 is 4.42 Å². The summed E-state index contributed by atoms with van der Waals surface area (Å²) in [5, 5.41) is 4.72. The van der Waals surface area contributed by atoms with Crippen molar-refractivity contribution in [3.63, 3.8) is 0 Å². The van der Waals surface area contributed by atoms with Gasteiger partial charge in [0.2, 0.25) is 0 Å². The van der Waals surface area contributed by atoms with E-state index in [0.717, 1.165) is 86.2 Å². The summed E-state index contributed by atoms with van der Waals surface area (Å²) < 4.78 is 9.02. The van der Waals surface area contributed by atoms with Gasteiger partial charge in [-0.15, -0.1) is 0 Å². The highest BCUT2D eigenvalue weighted by Crippen LogP contribution is 2.47. The van der Waals surface area contributed by atoms with Crippen LogP contribution in [-0.2, 0) is 0 Å². The molecule has 0 amide bonds. The normalized spacial score (nSPS) is 18.2. The lowest BCUT2D eigenvalue weighted by Crippen LogP contribution is -2.19. The van der Waals surface area contributed by atoms with E-state index < -0.39 is 0 Å². The van der Waals surface area contributed by atoms with Crippen LogP contribution in [0.5, 0.6) is 0 Å². The van der Waals surface area contributed by atoms with Crippen LogP contribution in [0, 0.1) is 17.8 Å². The van der Waals surface area contributed by atoms with Gasteiger partial charge >= 0.3 is 0 Å². The van der Waals surface area contributed by atoms with Gasteiger partial charge in [0.1, 0.15) is 11.2 Å². The highest BCUT2D eigenvalue weighted by molar-refractivity contribution is 6.15. The van der Waals surface area contributed by atoms with Crippen LogP contribution in [0.15, 0.2) is 288 Å². The van der Waals surface area contributed by atoms with Gasteiger partial charge in [0, 0.05) is 73.1 Å². The molecule has 0 aliphatic heterocycles. The fourth-order valence-corrected chi connectivity index (χ4v) is 12.1. The minimum atomic E-state index is 0.282. The van der Waals surface area contributed by atoms with Gasteiger partial charge in [-0.2, -0.15) is 0 Å². The average molecular weight is 937 g/mol. The molecular formula is C70H52N2O. The van der Waals surface area contributed by atoms with E-state index in [1.165, 1.54) is 49.7 Å². The molecule has 3 atom stereocenters. The molecule has 0 saturated carbocycles. The maximum absolute atomic E-state index is 6.57. The van der Waals surface area contributed by atoms with Crippen molar-refractivity contribution in [1.29, 1.82) is 0 Å². The van der Waals surface area contributed by atoms with Crippen LogP contribution >= 0.6 is 0 Å². The zero-order chi connectivity index (χ0) is 48.2. The van der Waals surface area contributed by atoms with Crippen molar-refractivity contribution in [2.45, 2.75) is 19.3 Å². The molecule has 2 aromatic heterocycles. The van der Waals surface area contributed by atoms with Crippen LogP contribution in [-0.4, -0.2) is 4.57 Å². The lowest BCUT2D eigenvalue weighted by atomic mass is 9.75. The minimum Gasteiger partial charge on any atom is -0.455 e. The topological polar surface area (TPSA) is 21.3 Å². The summed E-state index contributed by atoms with van der Waals surface area (Å²) in [7, 11) is 0. The molecule has 348 valence electrons. The van der Waals surface area contributed by atoms with Crippen LogP contribution in [0.2, 0.25) is 0 Å². The molecule has 0 spiro atoms. The lowest BCUT2D eigenvalue weighted by Gasteiger charge is -2.32. The van der Waals surface area contributed by atoms with Crippen LogP contribution < -0.4 is 4.90 Å². The van der Waals surface area contributed by atoms with Gasteiger partial charge in [0.05, 0.1) is 16.7 Å². The Hall–Kier alpha value is -8.92. The number of aromatic nitrogens is 1. The van der Waals surface area contributed by atoms with Gasteiger partial charge in [-0.3, -0.25) is 0 Å². The summed E-state index contributed by atoms with van der Waals surface area (Å²) in [4.78, 5) is 2.50. The zero-order valence-electron chi connectivity index (χ0n) is 40.5. The number of hydrogen-bond donors (Lipinski definition) is 0. The number of benzene rings is 8. The minimum absolute atomic E-state index is 0.282. The summed E-state index contributed by atoms with van der Waals surface area (Å²) in [6.07, 6.45) is 31.5. The summed E-state index contributed by atoms with van der Waals surface area (Å²) in [5.41, 5.74) is 19.9. The van der Waals surface area contributed by atoms with Crippen LogP contribution in [0.25, 0.3) is 82.8 Å². The Morgan fingerprint density at radius 2 is 1.15 bits per heavy atom. The average Bonchev–Trinajstić information content (AvgIpc) is 4.03. The lowest BCUT2D eigenvalue weighted by molar-refractivity contribution is 0.670. The molecular weight excluding hydrogens is 885 g/mol. The summed E-state index contributed by atoms with van der Waals surface area (Å²) in [6, 6.07) is 68.3. The Bertz CT molecular complexity index is 4050. The molecule has 0 N–H and O–H groups in total. The summed E-state index contributed by atoms with van der Waals surface area (Å²) >= 11 is 0. The first kappa shape index (κ1) is 42.9. The number of rotatable bonds is 9. The first-order valence-electron chi connectivity index (χ1n) is 25.8. The number of fused-ring (bicyclic) bond motifs is 7. The predicted molar refractivity (Wildman–Crippen MR) is 306 cm³/mol. The number of nitrogens with zero attached hydrogens (tertiary/aromatic N) is 2. The van der Waals surface area contributed by atoms with Crippen molar-refractivity contribution in [1.82, 2.24) is 4.57 Å². The second kappa shape index (κ2) is 18.0. The molecule has 3 unspecified atom stereocenters. The Labute approximate surface area is 426 Å². The van der Waals surface area contributed by atoms with E-state index in [9.17, 15) is 0 Å². The Kier molecular flexibility index (Phi) is 10.6. The van der Waals surface area contributed by atoms with Crippen molar-refractivity contribution in [3.8, 4) is 39.1 Å². The fourth-order valence-electron chi connectivity index (χ4n) is 12.1. The number of furan rings is 1. The molecule has 0 saturated heterocycles. The Morgan fingerprint density at radius 3 is 1.96 bits per heavy atom. The van der Waals surface area contributed by atoms with Gasteiger partial charge in [-0.1, -0.05) is 212 Å². The third-order valence-corrected chi connectivity index (χ3v) is 15.6. The summed E-state index contributed by atoms with van der Waals surface area (Å²) in [6.45, 7) is 0. The predicted octanol–water partition coefficient (Wildman–Crippen LogP) is 18.8. The van der Waals surface area contributed by atoms with Crippen molar-refractivity contribution in [3.05, 3.63) is 283 Å². The van der Waals surface area contributed by atoms with Gasteiger partial charge in [0.15, 0.2) is 0 Å². The molecule has 4 aliphatic rings. The molecule has 73 heavy (non-hydrogen) atoms.